The Morgan fingerprint density at radius 1 is 0.662 bits per heavy atom. The molecule has 30 nitrogen and oxygen atoms in total. The molecule has 3 heterocycles. The molecule has 6 unspecified atom stereocenters. The third-order valence-electron chi connectivity index (χ3n) is 9.13. The minimum Gasteiger partial charge on any atom is -0.507 e. The molecule has 0 spiro atoms. The molecule has 3 aliphatic rings. The summed E-state index contributed by atoms with van der Waals surface area (Å²) in [5.41, 5.74) is -1.02. The topological polar surface area (TPSA) is 446 Å². The van der Waals surface area contributed by atoms with E-state index in [2.05, 4.69) is 13.7 Å². The smallest absolute Gasteiger partial charge is 0.506 e. The summed E-state index contributed by atoms with van der Waals surface area (Å²) in [6.45, 7) is 0.689. The first kappa shape index (κ1) is 48.7. The largest absolute Gasteiger partial charge is 0.507 e. The van der Waals surface area contributed by atoms with Gasteiger partial charge in [-0.3, -0.25) is 14.1 Å². The maximum absolute atomic E-state index is 14.3. The second kappa shape index (κ2) is 19.6. The summed E-state index contributed by atoms with van der Waals surface area (Å²) in [5, 5.41) is 78.7. The van der Waals surface area contributed by atoms with Crippen molar-refractivity contribution < 1.29 is 144 Å². The molecule has 65 heavy (non-hydrogen) atoms. The van der Waals surface area contributed by atoms with Crippen molar-refractivity contribution >= 4 is 52.9 Å². The van der Waals surface area contributed by atoms with Crippen molar-refractivity contribution in [1.82, 2.24) is 0 Å². The normalized spacial score (nSPS) is 28.5. The Balaban J connectivity index is 1.60. The number of Topliss-reactive ketones (excluding diaryl/α,β-unsaturated/α-hetero) is 1. The molecule has 0 radical (unpaired) electrons. The van der Waals surface area contributed by atoms with E-state index in [4.69, 9.17) is 42.6 Å². The lowest BCUT2D eigenvalue weighted by atomic mass is 9.92. The zero-order valence-corrected chi connectivity index (χ0v) is 33.3. The molecule has 2 fully saturated rings. The minimum absolute atomic E-state index is 0.244. The third-order valence-corrected chi connectivity index (χ3v) is 9.53. The number of aromatic hydroxyl groups is 3. The van der Waals surface area contributed by atoms with Crippen molar-refractivity contribution in [1.29, 1.82) is 0 Å². The number of carbonyl (C=O) groups is 7. The highest BCUT2D eigenvalue weighted by Crippen LogP contribution is 2.45. The first-order valence-electron chi connectivity index (χ1n) is 17.8. The Bertz CT molecular complexity index is 2300. The molecule has 3 aliphatic heterocycles. The molecule has 9 N–H and O–H groups in total. The zero-order chi connectivity index (χ0) is 48.2. The van der Waals surface area contributed by atoms with Crippen molar-refractivity contribution in [3.8, 4) is 28.7 Å². The van der Waals surface area contributed by atoms with E-state index in [9.17, 15) is 87.4 Å². The van der Waals surface area contributed by atoms with E-state index >= 15 is 0 Å². The van der Waals surface area contributed by atoms with Gasteiger partial charge in [0.25, 0.3) is 0 Å². The van der Waals surface area contributed by atoms with Gasteiger partial charge in [-0.05, 0) is 24.6 Å². The number of ether oxygens (including phenoxy) is 11. The molecule has 0 aliphatic carbocycles. The van der Waals surface area contributed by atoms with Crippen LogP contribution in [0.15, 0.2) is 30.3 Å². The van der Waals surface area contributed by atoms with E-state index in [0.717, 1.165) is 38.1 Å². The number of fused-ring (bicyclic) bond motifs is 1. The summed E-state index contributed by atoms with van der Waals surface area (Å²) < 4.78 is 94.4. The van der Waals surface area contributed by atoms with Crippen molar-refractivity contribution in [2.45, 2.75) is 87.5 Å². The van der Waals surface area contributed by atoms with Crippen LogP contribution in [0, 0.1) is 0 Å². The fourth-order valence-electron chi connectivity index (χ4n) is 6.82. The van der Waals surface area contributed by atoms with Crippen LogP contribution in [0.5, 0.6) is 28.7 Å². The predicted octanol–water partition coefficient (Wildman–Crippen LogP) is 1.42. The highest BCUT2D eigenvalue weighted by atomic mass is 32.3. The number of benzene rings is 2. The van der Waals surface area contributed by atoms with Crippen LogP contribution in [0.3, 0.4) is 0 Å². The minimum atomic E-state index is -5.23. The van der Waals surface area contributed by atoms with Gasteiger partial charge in [0.2, 0.25) is 5.78 Å². The van der Waals surface area contributed by atoms with Crippen molar-refractivity contribution in [3.63, 3.8) is 0 Å². The number of rotatable bonds is 14. The van der Waals surface area contributed by atoms with E-state index in [1.54, 1.807) is 0 Å². The number of carbonyl (C=O) groups excluding carboxylic acids is 2. The number of phenolic OH excluding ortho intramolecular Hbond substituents is 3. The van der Waals surface area contributed by atoms with Gasteiger partial charge >= 0.3 is 47.1 Å². The SMILES string of the molecule is CC(=O)OC1[C@H](OC2C(=O)c3c(O)cc(OS(=O)(=O)O)cc3OC2c2ccc(O)c(O)c2)O[C@H](CO[C@H]2OC(C)C(OC(=O)O)[C@@H](OC(=O)O)[C@H]2OC(=O)O)C(OC(=O)O)[C@@H]1OC(=O)O. The van der Waals surface area contributed by atoms with Gasteiger partial charge < -0.3 is 97.1 Å². The zero-order valence-electron chi connectivity index (χ0n) is 32.5. The van der Waals surface area contributed by atoms with Crippen LogP contribution in [0.1, 0.15) is 35.9 Å². The van der Waals surface area contributed by atoms with Crippen LogP contribution in [0.4, 0.5) is 24.0 Å². The van der Waals surface area contributed by atoms with Crippen LogP contribution in [-0.4, -0.2) is 170 Å². The van der Waals surface area contributed by atoms with Crippen molar-refractivity contribution in [2.75, 3.05) is 6.61 Å². The van der Waals surface area contributed by atoms with E-state index in [0.29, 0.717) is 6.07 Å². The van der Waals surface area contributed by atoms with Gasteiger partial charge in [0, 0.05) is 19.1 Å². The van der Waals surface area contributed by atoms with Gasteiger partial charge in [0.1, 0.15) is 23.2 Å². The van der Waals surface area contributed by atoms with Gasteiger partial charge in [0.15, 0.2) is 78.7 Å². The molecule has 0 amide bonds. The van der Waals surface area contributed by atoms with Crippen molar-refractivity contribution in [2.24, 2.45) is 0 Å². The van der Waals surface area contributed by atoms with Crippen LogP contribution in [-0.2, 0) is 62.6 Å². The molecular formula is C34H34O30S. The lowest BCUT2D eigenvalue weighted by Gasteiger charge is -2.46. The first-order chi connectivity index (χ1) is 30.3. The summed E-state index contributed by atoms with van der Waals surface area (Å²) in [6, 6.07) is 4.09. The van der Waals surface area contributed by atoms with E-state index in [-0.39, 0.29) is 5.56 Å². The summed E-state index contributed by atoms with van der Waals surface area (Å²) in [4.78, 5) is 85.7. The summed E-state index contributed by atoms with van der Waals surface area (Å²) in [6.07, 6.45) is -36.1. The van der Waals surface area contributed by atoms with E-state index < -0.39 is 167 Å². The predicted molar refractivity (Wildman–Crippen MR) is 192 cm³/mol. The number of hydrogen-bond acceptors (Lipinski definition) is 24. The average Bonchev–Trinajstić information content (AvgIpc) is 3.16. The Morgan fingerprint density at radius 3 is 1.75 bits per heavy atom. The molecule has 2 aromatic carbocycles. The number of carboxylic acid groups (broad SMARTS) is 5. The molecule has 12 atom stereocenters. The van der Waals surface area contributed by atoms with Gasteiger partial charge in [0.05, 0.1) is 12.7 Å². The number of esters is 1. The molecule has 2 aromatic rings. The Hall–Kier alpha value is -7.32. The van der Waals surface area contributed by atoms with Crippen molar-refractivity contribution in [3.05, 3.63) is 41.5 Å². The second-order valence-electron chi connectivity index (χ2n) is 13.4. The van der Waals surface area contributed by atoms with Crippen LogP contribution >= 0.6 is 0 Å². The van der Waals surface area contributed by atoms with Gasteiger partial charge in [-0.2, -0.15) is 8.42 Å². The van der Waals surface area contributed by atoms with E-state index in [1.165, 1.54) is 0 Å². The lowest BCUT2D eigenvalue weighted by Crippen LogP contribution is -2.65. The van der Waals surface area contributed by atoms with E-state index in [1.807, 2.05) is 0 Å². The summed E-state index contributed by atoms with van der Waals surface area (Å²) in [7, 11) is -5.23. The molecule has 0 saturated carbocycles. The van der Waals surface area contributed by atoms with Crippen LogP contribution < -0.4 is 8.92 Å². The third kappa shape index (κ3) is 11.8. The molecule has 5 rings (SSSR count). The summed E-state index contributed by atoms with van der Waals surface area (Å²) >= 11 is 0. The number of hydrogen-bond donors (Lipinski definition) is 9. The van der Waals surface area contributed by atoms with Crippen LogP contribution in [0.25, 0.3) is 0 Å². The maximum Gasteiger partial charge on any atom is 0.506 e. The highest BCUT2D eigenvalue weighted by Gasteiger charge is 2.57. The molecule has 2 saturated heterocycles. The molecule has 0 aromatic heterocycles. The second-order valence-corrected chi connectivity index (χ2v) is 14.5. The maximum atomic E-state index is 14.3. The van der Waals surface area contributed by atoms with Crippen LogP contribution in [0.2, 0.25) is 0 Å². The molecule has 0 bridgehead atoms. The number of phenols is 3. The van der Waals surface area contributed by atoms with Gasteiger partial charge in [-0.15, -0.1) is 0 Å². The highest BCUT2D eigenvalue weighted by molar-refractivity contribution is 7.81. The van der Waals surface area contributed by atoms with Gasteiger partial charge in [-0.25, -0.2) is 24.0 Å². The fourth-order valence-corrected chi connectivity index (χ4v) is 7.16. The molecule has 356 valence electrons. The monoisotopic (exact) mass is 954 g/mol. The Labute approximate surface area is 360 Å². The first-order valence-corrected chi connectivity index (χ1v) is 19.2. The Kier molecular flexibility index (Phi) is 14.7. The quantitative estimate of drug-likeness (QED) is 0.0559. The average molecular weight is 955 g/mol. The number of ketones is 1. The van der Waals surface area contributed by atoms with Gasteiger partial charge in [-0.1, -0.05) is 6.07 Å². The molecular weight excluding hydrogens is 920 g/mol. The standard InChI is InChI=1S/C34H34O30S/c1-9-20(59-30(40)41)24(61-32(44)45)26(63-34(48)49)28(54-9)53-8-17-22(60-31(42)43)25(62-33(46)47)27(55-10(2)35)29(57-17)58-23-19(39)18-15(38)6-12(64-65(50,51)52)7-16(18)56-21(23)11-3-4-13(36)14(37)5-11/h3-7,9,17,20-29,36-38H,8H2,1-2H3,(H,40,41)(H,42,43)(H,44,45)(H,46,47)(H,48,49)(H,50,51,52)/t9?,17-,20?,21?,22?,23?,24-,25+,26-,27?,28+,29+/m1/s1. The summed E-state index contributed by atoms with van der Waals surface area (Å²) in [5.74, 6) is -6.57. The lowest BCUT2D eigenvalue weighted by molar-refractivity contribution is -0.334. The molecule has 31 heteroatoms. The fraction of sp³-hybridized carbons (Fsp3) is 0.441. The Morgan fingerprint density at radius 2 is 1.20 bits per heavy atom.